The van der Waals surface area contributed by atoms with E-state index in [9.17, 15) is 0 Å². The SMILES string of the molecule is Cc1nn(C2CC2)cc1OCCC(C)N. The Bertz CT molecular complexity index is 329. The molecule has 2 N–H and O–H groups in total. The quantitative estimate of drug-likeness (QED) is 0.802. The maximum Gasteiger partial charge on any atom is 0.160 e. The predicted molar refractivity (Wildman–Crippen MR) is 59.0 cm³/mol. The Morgan fingerprint density at radius 1 is 1.67 bits per heavy atom. The van der Waals surface area contributed by atoms with Crippen LogP contribution < -0.4 is 10.5 Å². The van der Waals surface area contributed by atoms with E-state index in [0.717, 1.165) is 17.9 Å². The highest BCUT2D eigenvalue weighted by molar-refractivity contribution is 5.23. The molecule has 15 heavy (non-hydrogen) atoms. The van der Waals surface area contributed by atoms with Crippen LogP contribution in [0.15, 0.2) is 6.20 Å². The molecule has 0 aliphatic heterocycles. The molecule has 0 radical (unpaired) electrons. The summed E-state index contributed by atoms with van der Waals surface area (Å²) in [4.78, 5) is 0. The molecule has 84 valence electrons. The average Bonchev–Trinajstić information content (AvgIpc) is 2.93. The number of hydrogen-bond acceptors (Lipinski definition) is 3. The molecule has 1 aliphatic rings. The smallest absolute Gasteiger partial charge is 0.160 e. The van der Waals surface area contributed by atoms with E-state index in [1.165, 1.54) is 12.8 Å². The molecule has 0 bridgehead atoms. The molecule has 0 amide bonds. The van der Waals surface area contributed by atoms with E-state index in [4.69, 9.17) is 10.5 Å². The minimum atomic E-state index is 0.198. The molecule has 1 unspecified atom stereocenters. The van der Waals surface area contributed by atoms with Crippen LogP contribution in [0.3, 0.4) is 0 Å². The van der Waals surface area contributed by atoms with Gasteiger partial charge in [-0.15, -0.1) is 0 Å². The van der Waals surface area contributed by atoms with Gasteiger partial charge in [0.1, 0.15) is 5.69 Å². The Kier molecular flexibility index (Phi) is 2.95. The normalized spacial score (nSPS) is 17.8. The summed E-state index contributed by atoms with van der Waals surface area (Å²) in [5.41, 5.74) is 6.64. The molecular weight excluding hydrogens is 190 g/mol. The fourth-order valence-corrected chi connectivity index (χ4v) is 1.49. The van der Waals surface area contributed by atoms with Crippen molar-refractivity contribution in [3.8, 4) is 5.75 Å². The van der Waals surface area contributed by atoms with Gasteiger partial charge in [-0.05, 0) is 33.1 Å². The molecule has 1 aromatic rings. The van der Waals surface area contributed by atoms with Gasteiger partial charge in [0.05, 0.1) is 18.8 Å². The summed E-state index contributed by atoms with van der Waals surface area (Å²) in [5.74, 6) is 0.905. The minimum absolute atomic E-state index is 0.198. The van der Waals surface area contributed by atoms with Gasteiger partial charge in [-0.25, -0.2) is 0 Å². The molecule has 1 heterocycles. The molecule has 1 fully saturated rings. The van der Waals surface area contributed by atoms with Crippen LogP contribution in [0.1, 0.15) is 37.9 Å². The Hall–Kier alpha value is -1.03. The molecule has 4 heteroatoms. The van der Waals surface area contributed by atoms with E-state index >= 15 is 0 Å². The van der Waals surface area contributed by atoms with Crippen molar-refractivity contribution in [2.45, 2.75) is 45.2 Å². The zero-order valence-corrected chi connectivity index (χ0v) is 9.44. The van der Waals surface area contributed by atoms with Crippen LogP contribution in [0.4, 0.5) is 0 Å². The van der Waals surface area contributed by atoms with Crippen molar-refractivity contribution >= 4 is 0 Å². The summed E-state index contributed by atoms with van der Waals surface area (Å²) in [6.45, 7) is 4.65. The van der Waals surface area contributed by atoms with E-state index in [-0.39, 0.29) is 6.04 Å². The van der Waals surface area contributed by atoms with Crippen LogP contribution in [-0.2, 0) is 0 Å². The summed E-state index contributed by atoms with van der Waals surface area (Å²) in [5, 5.41) is 4.43. The Morgan fingerprint density at radius 3 is 3.00 bits per heavy atom. The van der Waals surface area contributed by atoms with Gasteiger partial charge in [-0.2, -0.15) is 5.10 Å². The van der Waals surface area contributed by atoms with Crippen molar-refractivity contribution in [1.82, 2.24) is 9.78 Å². The van der Waals surface area contributed by atoms with Crippen LogP contribution >= 0.6 is 0 Å². The molecule has 2 rings (SSSR count). The van der Waals surface area contributed by atoms with Crippen molar-refractivity contribution < 1.29 is 4.74 Å². The Labute approximate surface area is 90.4 Å². The number of rotatable bonds is 5. The van der Waals surface area contributed by atoms with E-state index in [2.05, 4.69) is 5.10 Å². The maximum absolute atomic E-state index is 5.66. The predicted octanol–water partition coefficient (Wildman–Crippen LogP) is 1.64. The van der Waals surface area contributed by atoms with E-state index in [1.54, 1.807) is 0 Å². The zero-order chi connectivity index (χ0) is 10.8. The molecule has 0 spiro atoms. The van der Waals surface area contributed by atoms with Gasteiger partial charge in [-0.3, -0.25) is 4.68 Å². The largest absolute Gasteiger partial charge is 0.490 e. The Balaban J connectivity index is 1.89. The minimum Gasteiger partial charge on any atom is -0.490 e. The lowest BCUT2D eigenvalue weighted by atomic mass is 10.3. The van der Waals surface area contributed by atoms with Crippen LogP contribution in [-0.4, -0.2) is 22.4 Å². The standard InChI is InChI=1S/C11H19N3O/c1-8(12)5-6-15-11-7-14(10-3-4-10)13-9(11)2/h7-8,10H,3-6,12H2,1-2H3. The first-order valence-electron chi connectivity index (χ1n) is 5.61. The highest BCUT2D eigenvalue weighted by atomic mass is 16.5. The molecule has 1 saturated carbocycles. The van der Waals surface area contributed by atoms with Crippen LogP contribution in [0, 0.1) is 6.92 Å². The first-order chi connectivity index (χ1) is 7.16. The van der Waals surface area contributed by atoms with Gasteiger partial charge in [0.2, 0.25) is 0 Å². The number of aryl methyl sites for hydroxylation is 1. The third-order valence-corrected chi connectivity index (χ3v) is 2.62. The highest BCUT2D eigenvalue weighted by Crippen LogP contribution is 2.35. The molecule has 1 aliphatic carbocycles. The summed E-state index contributed by atoms with van der Waals surface area (Å²) in [7, 11) is 0. The number of aromatic nitrogens is 2. The maximum atomic E-state index is 5.66. The molecule has 0 aromatic carbocycles. The zero-order valence-electron chi connectivity index (χ0n) is 9.44. The van der Waals surface area contributed by atoms with Crippen molar-refractivity contribution in [2.75, 3.05) is 6.61 Å². The molecule has 4 nitrogen and oxygen atoms in total. The third kappa shape index (κ3) is 2.72. The number of nitrogens with two attached hydrogens (primary N) is 1. The second kappa shape index (κ2) is 4.23. The number of hydrogen-bond donors (Lipinski definition) is 1. The van der Waals surface area contributed by atoms with Crippen LogP contribution in [0.25, 0.3) is 0 Å². The van der Waals surface area contributed by atoms with Gasteiger partial charge in [-0.1, -0.05) is 0 Å². The molecule has 1 aromatic heterocycles. The van der Waals surface area contributed by atoms with Crippen molar-refractivity contribution in [3.63, 3.8) is 0 Å². The molecular formula is C11H19N3O. The Morgan fingerprint density at radius 2 is 2.40 bits per heavy atom. The van der Waals surface area contributed by atoms with Crippen LogP contribution in [0.5, 0.6) is 5.75 Å². The van der Waals surface area contributed by atoms with Gasteiger partial charge in [0, 0.05) is 6.04 Å². The van der Waals surface area contributed by atoms with E-state index < -0.39 is 0 Å². The van der Waals surface area contributed by atoms with Crippen molar-refractivity contribution in [3.05, 3.63) is 11.9 Å². The number of nitrogens with zero attached hydrogens (tertiary/aromatic N) is 2. The fraction of sp³-hybridized carbons (Fsp3) is 0.727. The van der Waals surface area contributed by atoms with Crippen molar-refractivity contribution in [1.29, 1.82) is 0 Å². The lowest BCUT2D eigenvalue weighted by Gasteiger charge is -2.06. The summed E-state index contributed by atoms with van der Waals surface area (Å²) in [6, 6.07) is 0.818. The van der Waals surface area contributed by atoms with Gasteiger partial charge >= 0.3 is 0 Å². The topological polar surface area (TPSA) is 53.1 Å². The lowest BCUT2D eigenvalue weighted by Crippen LogP contribution is -2.18. The fourth-order valence-electron chi connectivity index (χ4n) is 1.49. The van der Waals surface area contributed by atoms with E-state index in [1.807, 2.05) is 24.7 Å². The first kappa shape index (κ1) is 10.5. The monoisotopic (exact) mass is 209 g/mol. The lowest BCUT2D eigenvalue weighted by molar-refractivity contribution is 0.299. The van der Waals surface area contributed by atoms with E-state index in [0.29, 0.717) is 12.6 Å². The van der Waals surface area contributed by atoms with Gasteiger partial charge in [0.15, 0.2) is 5.75 Å². The summed E-state index contributed by atoms with van der Waals surface area (Å²) < 4.78 is 7.67. The second-order valence-electron chi connectivity index (χ2n) is 4.40. The van der Waals surface area contributed by atoms with Gasteiger partial charge < -0.3 is 10.5 Å². The average molecular weight is 209 g/mol. The molecule has 0 saturated heterocycles. The first-order valence-corrected chi connectivity index (χ1v) is 5.61. The summed E-state index contributed by atoms with van der Waals surface area (Å²) in [6.07, 6.45) is 5.39. The summed E-state index contributed by atoms with van der Waals surface area (Å²) >= 11 is 0. The highest BCUT2D eigenvalue weighted by Gasteiger charge is 2.25. The third-order valence-electron chi connectivity index (χ3n) is 2.62. The second-order valence-corrected chi connectivity index (χ2v) is 4.40. The molecule has 1 atom stereocenters. The number of ether oxygens (including phenoxy) is 1. The van der Waals surface area contributed by atoms with Gasteiger partial charge in [0.25, 0.3) is 0 Å². The van der Waals surface area contributed by atoms with Crippen molar-refractivity contribution in [2.24, 2.45) is 5.73 Å². The van der Waals surface area contributed by atoms with Crippen LogP contribution in [0.2, 0.25) is 0 Å².